The third kappa shape index (κ3) is 2.23. The van der Waals surface area contributed by atoms with E-state index in [1.807, 2.05) is 54.7 Å². The van der Waals surface area contributed by atoms with Crippen molar-refractivity contribution in [2.75, 3.05) is 0 Å². The van der Waals surface area contributed by atoms with Crippen LogP contribution >= 0.6 is 0 Å². The van der Waals surface area contributed by atoms with Crippen molar-refractivity contribution >= 4 is 0 Å². The molecule has 0 fully saturated rings. The van der Waals surface area contributed by atoms with E-state index in [1.165, 1.54) is 6.07 Å². The molecule has 146 valence electrons. The lowest BCUT2D eigenvalue weighted by atomic mass is 9.53. The fraction of sp³-hybridized carbons (Fsp3) is 0.148. The Balaban J connectivity index is 1.75. The van der Waals surface area contributed by atoms with Gasteiger partial charge in [0, 0.05) is 41.2 Å². The minimum absolute atomic E-state index is 0.133. The second kappa shape index (κ2) is 6.33. The lowest BCUT2D eigenvalue weighted by Crippen LogP contribution is -2.60. The van der Waals surface area contributed by atoms with Crippen molar-refractivity contribution < 1.29 is 13.3 Å². The fourth-order valence-corrected chi connectivity index (χ4v) is 5.82. The highest BCUT2D eigenvalue weighted by Crippen LogP contribution is 2.59. The predicted molar refractivity (Wildman–Crippen MR) is 111 cm³/mol. The molecular formula is C27H20F2N+. The van der Waals surface area contributed by atoms with E-state index in [4.69, 9.17) is 0 Å². The zero-order chi connectivity index (χ0) is 20.3. The van der Waals surface area contributed by atoms with Gasteiger partial charge >= 0.3 is 0 Å². The first-order chi connectivity index (χ1) is 14.7. The average Bonchev–Trinajstić information content (AvgIpc) is 2.80. The molecule has 0 spiro atoms. The standard InChI is InChI=1S/C27H20F2N/c28-20-15-21-24-17-27(18-9-3-1-4-10-18,19-11-5-2-6-12-19)26(25(21)22(29)16-20)23-13-7-8-14-30(23)24/h1-16,24,26H,17H2/q+1. The van der Waals surface area contributed by atoms with Crippen LogP contribution in [-0.4, -0.2) is 0 Å². The Morgan fingerprint density at radius 1 is 0.767 bits per heavy atom. The summed E-state index contributed by atoms with van der Waals surface area (Å²) in [5, 5.41) is 0. The molecule has 0 saturated heterocycles. The van der Waals surface area contributed by atoms with Crippen LogP contribution in [0.3, 0.4) is 0 Å². The van der Waals surface area contributed by atoms with Gasteiger partial charge in [0.1, 0.15) is 11.6 Å². The van der Waals surface area contributed by atoms with E-state index in [2.05, 4.69) is 34.9 Å². The first-order valence-electron chi connectivity index (χ1n) is 10.3. The third-order valence-corrected chi connectivity index (χ3v) is 6.91. The van der Waals surface area contributed by atoms with E-state index < -0.39 is 17.0 Å². The molecule has 2 bridgehead atoms. The molecule has 3 aliphatic rings. The molecule has 3 heterocycles. The van der Waals surface area contributed by atoms with Crippen LogP contribution in [0.15, 0.2) is 97.2 Å². The van der Waals surface area contributed by atoms with Crippen molar-refractivity contribution in [2.24, 2.45) is 0 Å². The molecule has 0 N–H and O–H groups in total. The lowest BCUT2D eigenvalue weighted by Gasteiger charge is -2.50. The van der Waals surface area contributed by atoms with Crippen LogP contribution in [0.5, 0.6) is 0 Å². The van der Waals surface area contributed by atoms with Crippen LogP contribution in [0, 0.1) is 11.6 Å². The largest absolute Gasteiger partial charge is 0.207 e. The van der Waals surface area contributed by atoms with E-state index >= 15 is 4.39 Å². The highest BCUT2D eigenvalue weighted by atomic mass is 19.1. The Morgan fingerprint density at radius 2 is 1.40 bits per heavy atom. The minimum Gasteiger partial charge on any atom is -0.207 e. The number of rotatable bonds is 2. The summed E-state index contributed by atoms with van der Waals surface area (Å²) in [6.07, 6.45) is 2.79. The summed E-state index contributed by atoms with van der Waals surface area (Å²) in [7, 11) is 0. The molecule has 2 aliphatic heterocycles. The van der Waals surface area contributed by atoms with Crippen molar-refractivity contribution in [3.63, 3.8) is 0 Å². The van der Waals surface area contributed by atoms with Crippen molar-refractivity contribution in [2.45, 2.75) is 23.8 Å². The maximum absolute atomic E-state index is 15.4. The van der Waals surface area contributed by atoms with Gasteiger partial charge in [-0.15, -0.1) is 0 Å². The molecule has 1 aromatic heterocycles. The maximum Gasteiger partial charge on any atom is 0.190 e. The van der Waals surface area contributed by atoms with E-state index in [0.29, 0.717) is 5.56 Å². The monoisotopic (exact) mass is 396 g/mol. The van der Waals surface area contributed by atoms with Crippen molar-refractivity contribution in [1.29, 1.82) is 0 Å². The van der Waals surface area contributed by atoms with Crippen LogP contribution in [0.2, 0.25) is 0 Å². The summed E-state index contributed by atoms with van der Waals surface area (Å²) in [6, 6.07) is 29.3. The lowest BCUT2D eigenvalue weighted by molar-refractivity contribution is -0.732. The van der Waals surface area contributed by atoms with Crippen LogP contribution in [0.4, 0.5) is 8.78 Å². The quantitative estimate of drug-likeness (QED) is 0.384. The summed E-state index contributed by atoms with van der Waals surface area (Å²) in [4.78, 5) is 0. The van der Waals surface area contributed by atoms with Crippen molar-refractivity contribution in [1.82, 2.24) is 0 Å². The molecule has 3 aromatic carbocycles. The molecule has 30 heavy (non-hydrogen) atoms. The smallest absolute Gasteiger partial charge is 0.190 e. The zero-order valence-corrected chi connectivity index (χ0v) is 16.3. The molecular weight excluding hydrogens is 376 g/mol. The number of halogens is 2. The van der Waals surface area contributed by atoms with Gasteiger partial charge in [0.2, 0.25) is 0 Å². The van der Waals surface area contributed by atoms with Crippen LogP contribution in [-0.2, 0) is 5.41 Å². The molecule has 3 heteroatoms. The Kier molecular flexibility index (Phi) is 3.70. The topological polar surface area (TPSA) is 3.88 Å². The number of fused-ring (bicyclic) bond motifs is 1. The SMILES string of the molecule is Fc1cc(F)c2c(c1)C1CC(c3ccccc3)(c3ccccc3)C2c2cccc[n+]21. The molecule has 1 nitrogen and oxygen atoms in total. The van der Waals surface area contributed by atoms with Crippen molar-refractivity contribution in [3.8, 4) is 0 Å². The summed E-state index contributed by atoms with van der Waals surface area (Å²) >= 11 is 0. The predicted octanol–water partition coefficient (Wildman–Crippen LogP) is 5.68. The van der Waals surface area contributed by atoms with Gasteiger partial charge in [0.25, 0.3) is 0 Å². The molecule has 2 unspecified atom stereocenters. The second-order valence-electron chi connectivity index (χ2n) is 8.28. The zero-order valence-electron chi connectivity index (χ0n) is 16.3. The molecule has 2 atom stereocenters. The molecule has 0 radical (unpaired) electrons. The Bertz CT molecular complexity index is 1210. The molecule has 1 aliphatic carbocycles. The van der Waals surface area contributed by atoms with Crippen molar-refractivity contribution in [3.05, 3.63) is 137 Å². The van der Waals surface area contributed by atoms with Gasteiger partial charge in [-0.05, 0) is 17.2 Å². The summed E-state index contributed by atoms with van der Waals surface area (Å²) in [5.74, 6) is -1.21. The van der Waals surface area contributed by atoms with E-state index in [1.54, 1.807) is 0 Å². The van der Waals surface area contributed by atoms with Crippen LogP contribution in [0.25, 0.3) is 0 Å². The maximum atomic E-state index is 15.4. The van der Waals surface area contributed by atoms with Gasteiger partial charge in [0.15, 0.2) is 17.9 Å². The molecule has 4 aromatic rings. The first-order valence-corrected chi connectivity index (χ1v) is 10.3. The summed E-state index contributed by atoms with van der Waals surface area (Å²) in [6.45, 7) is 0. The van der Waals surface area contributed by atoms with Crippen LogP contribution < -0.4 is 4.57 Å². The van der Waals surface area contributed by atoms with E-state index in [0.717, 1.165) is 34.9 Å². The molecule has 7 rings (SSSR count). The Labute approximate surface area is 174 Å². The second-order valence-corrected chi connectivity index (χ2v) is 8.28. The average molecular weight is 396 g/mol. The number of hydrogen-bond donors (Lipinski definition) is 0. The van der Waals surface area contributed by atoms with Gasteiger partial charge in [-0.2, -0.15) is 4.57 Å². The molecule has 0 saturated carbocycles. The van der Waals surface area contributed by atoms with E-state index in [9.17, 15) is 4.39 Å². The fourth-order valence-electron chi connectivity index (χ4n) is 5.82. The van der Waals surface area contributed by atoms with Gasteiger partial charge in [0.05, 0.1) is 5.92 Å². The van der Waals surface area contributed by atoms with E-state index in [-0.39, 0.29) is 12.0 Å². The number of nitrogens with zero attached hydrogens (tertiary/aromatic N) is 1. The number of benzene rings is 3. The number of aromatic nitrogens is 1. The Morgan fingerprint density at radius 3 is 2.07 bits per heavy atom. The normalized spacial score (nSPS) is 20.5. The number of hydrogen-bond acceptors (Lipinski definition) is 0. The summed E-state index contributed by atoms with van der Waals surface area (Å²) < 4.78 is 31.9. The van der Waals surface area contributed by atoms with Gasteiger partial charge in [-0.1, -0.05) is 66.7 Å². The highest BCUT2D eigenvalue weighted by molar-refractivity contribution is 5.55. The summed E-state index contributed by atoms with van der Waals surface area (Å²) in [5.41, 5.74) is 4.36. The van der Waals surface area contributed by atoms with Gasteiger partial charge < -0.3 is 0 Å². The highest BCUT2D eigenvalue weighted by Gasteiger charge is 2.60. The number of pyridine rings is 1. The van der Waals surface area contributed by atoms with Gasteiger partial charge in [-0.3, -0.25) is 0 Å². The van der Waals surface area contributed by atoms with Crippen LogP contribution in [0.1, 0.15) is 46.3 Å². The van der Waals surface area contributed by atoms with Gasteiger partial charge in [-0.25, -0.2) is 8.78 Å². The third-order valence-electron chi connectivity index (χ3n) is 6.91. The Hall–Kier alpha value is -3.33. The first kappa shape index (κ1) is 17.5. The molecule has 0 amide bonds. The minimum atomic E-state index is -0.512.